The second-order valence-corrected chi connectivity index (χ2v) is 8.21. The lowest BCUT2D eigenvalue weighted by molar-refractivity contribution is 0.0549. The number of rotatable bonds is 11. The summed E-state index contributed by atoms with van der Waals surface area (Å²) in [6.45, 7) is 6.74. The van der Waals surface area contributed by atoms with Gasteiger partial charge in [0, 0.05) is 6.54 Å². The molecule has 0 spiro atoms. The first-order chi connectivity index (χ1) is 12.3. The van der Waals surface area contributed by atoms with Crippen LogP contribution < -0.4 is 4.72 Å². The van der Waals surface area contributed by atoms with Crippen LogP contribution >= 0.6 is 0 Å². The lowest BCUT2D eigenvalue weighted by Gasteiger charge is -2.07. The number of allylic oxidation sites excluding steroid dienone is 1. The molecule has 6 nitrogen and oxygen atoms in total. The van der Waals surface area contributed by atoms with Gasteiger partial charge in [-0.1, -0.05) is 43.7 Å². The molecule has 26 heavy (non-hydrogen) atoms. The summed E-state index contributed by atoms with van der Waals surface area (Å²) < 4.78 is 36.5. The minimum absolute atomic E-state index is 0.178. The maximum Gasteiger partial charge on any atom is 0.508 e. The molecular formula is C19H29NO5S. The number of aryl methyl sites for hydroxylation is 1. The second-order valence-electron chi connectivity index (χ2n) is 6.44. The molecule has 0 heterocycles. The number of hydrogen-bond acceptors (Lipinski definition) is 5. The average molecular weight is 384 g/mol. The van der Waals surface area contributed by atoms with Crippen LogP contribution in [0.3, 0.4) is 0 Å². The molecule has 1 N–H and O–H groups in total. The third-order valence-electron chi connectivity index (χ3n) is 3.42. The third kappa shape index (κ3) is 9.58. The minimum atomic E-state index is -3.44. The Morgan fingerprint density at radius 2 is 1.81 bits per heavy atom. The molecule has 0 bridgehead atoms. The summed E-state index contributed by atoms with van der Waals surface area (Å²) in [5.74, 6) is 0.279. The summed E-state index contributed by atoms with van der Waals surface area (Å²) in [5.41, 5.74) is 1.02. The van der Waals surface area contributed by atoms with E-state index < -0.39 is 16.2 Å². The molecule has 1 rings (SSSR count). The molecular weight excluding hydrogens is 354 g/mol. The summed E-state index contributed by atoms with van der Waals surface area (Å²) in [7, 11) is -3.44. The fourth-order valence-corrected chi connectivity index (χ4v) is 3.05. The van der Waals surface area contributed by atoms with Crippen molar-refractivity contribution >= 4 is 16.2 Å². The van der Waals surface area contributed by atoms with Crippen LogP contribution in [0.25, 0.3) is 0 Å². The van der Waals surface area contributed by atoms with E-state index in [2.05, 4.69) is 4.72 Å². The molecule has 0 aromatic heterocycles. The van der Waals surface area contributed by atoms with Gasteiger partial charge < -0.3 is 9.47 Å². The van der Waals surface area contributed by atoms with E-state index in [-0.39, 0.29) is 17.4 Å². The van der Waals surface area contributed by atoms with Gasteiger partial charge in [0.05, 0.1) is 11.5 Å². The molecule has 0 saturated heterocycles. The van der Waals surface area contributed by atoms with Crippen LogP contribution in [0.1, 0.15) is 38.7 Å². The standard InChI is InChI=1S/C19H29NO5S/c1-16(2)15-25-19(21)24-14-8-6-4-5-7-13-20-26(22,23)18-11-9-17(3)10-12-18/h6,8-12,16,20H,4-5,7,13-15H2,1-3H3/b8-6+. The number of nitrogens with one attached hydrogen (secondary N) is 1. The van der Waals surface area contributed by atoms with Crippen LogP contribution in [0.15, 0.2) is 41.3 Å². The molecule has 0 radical (unpaired) electrons. The van der Waals surface area contributed by atoms with Gasteiger partial charge in [0.25, 0.3) is 0 Å². The maximum absolute atomic E-state index is 12.1. The number of unbranched alkanes of at least 4 members (excludes halogenated alkanes) is 2. The van der Waals surface area contributed by atoms with Crippen molar-refractivity contribution in [3.05, 3.63) is 42.0 Å². The van der Waals surface area contributed by atoms with Gasteiger partial charge in [-0.15, -0.1) is 0 Å². The molecule has 1 aromatic rings. The summed E-state index contributed by atoms with van der Waals surface area (Å²) in [4.78, 5) is 11.5. The number of carbonyl (C=O) groups excluding carboxylic acids is 1. The van der Waals surface area contributed by atoms with Gasteiger partial charge in [0.1, 0.15) is 6.61 Å². The Morgan fingerprint density at radius 3 is 2.46 bits per heavy atom. The predicted octanol–water partition coefficient (Wildman–Crippen LogP) is 3.81. The molecule has 0 aliphatic heterocycles. The fraction of sp³-hybridized carbons (Fsp3) is 0.526. The van der Waals surface area contributed by atoms with Crippen molar-refractivity contribution in [2.75, 3.05) is 19.8 Å². The largest absolute Gasteiger partial charge is 0.508 e. The molecule has 0 aliphatic carbocycles. The zero-order chi connectivity index (χ0) is 19.4. The van der Waals surface area contributed by atoms with E-state index in [0.29, 0.717) is 13.2 Å². The Labute approximate surface area is 156 Å². The van der Waals surface area contributed by atoms with Crippen molar-refractivity contribution in [1.29, 1.82) is 0 Å². The van der Waals surface area contributed by atoms with Crippen molar-refractivity contribution < 1.29 is 22.7 Å². The van der Waals surface area contributed by atoms with Crippen LogP contribution in [0.4, 0.5) is 4.79 Å². The highest BCUT2D eigenvalue weighted by molar-refractivity contribution is 7.89. The molecule has 146 valence electrons. The van der Waals surface area contributed by atoms with Crippen molar-refractivity contribution in [1.82, 2.24) is 4.72 Å². The van der Waals surface area contributed by atoms with Gasteiger partial charge in [0.15, 0.2) is 0 Å². The first-order valence-corrected chi connectivity index (χ1v) is 10.3. The zero-order valence-electron chi connectivity index (χ0n) is 15.7. The Balaban J connectivity index is 2.11. The quantitative estimate of drug-likeness (QED) is 0.357. The second kappa shape index (κ2) is 11.7. The highest BCUT2D eigenvalue weighted by atomic mass is 32.2. The van der Waals surface area contributed by atoms with Crippen molar-refractivity contribution in [3.63, 3.8) is 0 Å². The number of carbonyl (C=O) groups is 1. The predicted molar refractivity (Wildman–Crippen MR) is 101 cm³/mol. The Morgan fingerprint density at radius 1 is 1.12 bits per heavy atom. The van der Waals surface area contributed by atoms with E-state index in [0.717, 1.165) is 24.8 Å². The normalized spacial score (nSPS) is 11.8. The number of sulfonamides is 1. The van der Waals surface area contributed by atoms with E-state index in [1.54, 1.807) is 30.3 Å². The highest BCUT2D eigenvalue weighted by Crippen LogP contribution is 2.10. The van der Waals surface area contributed by atoms with Gasteiger partial charge >= 0.3 is 6.16 Å². The van der Waals surface area contributed by atoms with E-state index in [1.807, 2.05) is 26.8 Å². The maximum atomic E-state index is 12.1. The van der Waals surface area contributed by atoms with Gasteiger partial charge in [-0.2, -0.15) is 0 Å². The lowest BCUT2D eigenvalue weighted by Crippen LogP contribution is -2.24. The average Bonchev–Trinajstić information content (AvgIpc) is 2.58. The van der Waals surface area contributed by atoms with Crippen molar-refractivity contribution in [2.24, 2.45) is 5.92 Å². The van der Waals surface area contributed by atoms with Crippen molar-refractivity contribution in [2.45, 2.75) is 44.9 Å². The minimum Gasteiger partial charge on any atom is -0.434 e. The Kier molecular flexibility index (Phi) is 9.98. The zero-order valence-corrected chi connectivity index (χ0v) is 16.6. The van der Waals surface area contributed by atoms with Gasteiger partial charge in [-0.25, -0.2) is 17.9 Å². The van der Waals surface area contributed by atoms with Crippen LogP contribution in [0.2, 0.25) is 0 Å². The molecule has 7 heteroatoms. The Hall–Kier alpha value is -1.86. The van der Waals surface area contributed by atoms with Crippen LogP contribution in [0, 0.1) is 12.8 Å². The summed E-state index contributed by atoms with van der Waals surface area (Å²) in [5, 5.41) is 0. The van der Waals surface area contributed by atoms with Crippen LogP contribution in [0.5, 0.6) is 0 Å². The fourth-order valence-electron chi connectivity index (χ4n) is 1.97. The van der Waals surface area contributed by atoms with E-state index in [9.17, 15) is 13.2 Å². The van der Waals surface area contributed by atoms with Gasteiger partial charge in [-0.05, 0) is 44.2 Å². The molecule has 0 fully saturated rings. The number of benzene rings is 1. The Bertz CT molecular complexity index is 666. The SMILES string of the molecule is Cc1ccc(S(=O)(=O)NCCCC/C=C/COC(=O)OCC(C)C)cc1. The summed E-state index contributed by atoms with van der Waals surface area (Å²) in [6.07, 6.45) is 5.36. The van der Waals surface area contributed by atoms with Gasteiger partial charge in [-0.3, -0.25) is 0 Å². The molecule has 0 atom stereocenters. The van der Waals surface area contributed by atoms with Crippen LogP contribution in [-0.4, -0.2) is 34.3 Å². The van der Waals surface area contributed by atoms with Crippen LogP contribution in [-0.2, 0) is 19.5 Å². The summed E-state index contributed by atoms with van der Waals surface area (Å²) >= 11 is 0. The van der Waals surface area contributed by atoms with Crippen molar-refractivity contribution in [3.8, 4) is 0 Å². The first-order valence-electron chi connectivity index (χ1n) is 8.82. The lowest BCUT2D eigenvalue weighted by atomic mass is 10.2. The van der Waals surface area contributed by atoms with E-state index in [4.69, 9.17) is 9.47 Å². The highest BCUT2D eigenvalue weighted by Gasteiger charge is 2.12. The van der Waals surface area contributed by atoms with Gasteiger partial charge in [0.2, 0.25) is 10.0 Å². The first kappa shape index (κ1) is 22.2. The third-order valence-corrected chi connectivity index (χ3v) is 4.90. The molecule has 0 saturated carbocycles. The molecule has 1 aromatic carbocycles. The smallest absolute Gasteiger partial charge is 0.434 e. The number of hydrogen-bond donors (Lipinski definition) is 1. The van der Waals surface area contributed by atoms with E-state index >= 15 is 0 Å². The monoisotopic (exact) mass is 383 g/mol. The molecule has 0 unspecified atom stereocenters. The topological polar surface area (TPSA) is 81.7 Å². The molecule has 0 amide bonds. The molecule has 0 aliphatic rings. The summed E-state index contributed by atoms with van der Waals surface area (Å²) in [6, 6.07) is 6.76. The van der Waals surface area contributed by atoms with E-state index in [1.165, 1.54) is 0 Å². The number of ether oxygens (including phenoxy) is 2.